The van der Waals surface area contributed by atoms with Crippen LogP contribution in [0.3, 0.4) is 0 Å². The van der Waals surface area contributed by atoms with Crippen molar-refractivity contribution < 1.29 is 4.79 Å². The molecular weight excluding hydrogens is 368 g/mol. The lowest BCUT2D eigenvalue weighted by Gasteiger charge is -2.17. The Hall–Kier alpha value is -2.65. The first kappa shape index (κ1) is 18.7. The number of para-hydroxylation sites is 1. The van der Waals surface area contributed by atoms with Gasteiger partial charge in [0, 0.05) is 5.69 Å². The third-order valence-corrected chi connectivity index (χ3v) is 6.50. The summed E-state index contributed by atoms with van der Waals surface area (Å²) in [4.78, 5) is 17.8. The second kappa shape index (κ2) is 8.15. The van der Waals surface area contributed by atoms with Crippen LogP contribution in [-0.2, 0) is 17.6 Å². The zero-order valence-electron chi connectivity index (χ0n) is 15.9. The van der Waals surface area contributed by atoms with E-state index < -0.39 is 5.25 Å². The van der Waals surface area contributed by atoms with Crippen molar-refractivity contribution in [2.24, 2.45) is 5.10 Å². The standard InChI is InChI=1S/C22H22N4OS/c1-15-20(22(27)26(25-15)18-10-6-4-7-11-18)28-21-17(14-23)13-16-9-5-2-3-8-12-19(16)24-21/h4,6-7,10-11,13,20H,2-3,5,8-9,12H2,1H3. The number of benzene rings is 1. The van der Waals surface area contributed by atoms with E-state index in [-0.39, 0.29) is 5.91 Å². The van der Waals surface area contributed by atoms with Crippen LogP contribution in [-0.4, -0.2) is 21.9 Å². The molecule has 0 saturated heterocycles. The minimum atomic E-state index is -0.452. The zero-order valence-corrected chi connectivity index (χ0v) is 16.7. The molecule has 1 aliphatic heterocycles. The fraction of sp³-hybridized carbons (Fsp3) is 0.364. The lowest BCUT2D eigenvalue weighted by Crippen LogP contribution is -2.29. The van der Waals surface area contributed by atoms with E-state index in [2.05, 4.69) is 11.2 Å². The molecule has 5 nitrogen and oxygen atoms in total. The highest BCUT2D eigenvalue weighted by Gasteiger charge is 2.36. The quantitative estimate of drug-likeness (QED) is 0.774. The Bertz CT molecular complexity index is 964. The van der Waals surface area contributed by atoms with Crippen LogP contribution < -0.4 is 5.01 Å². The number of hydrogen-bond acceptors (Lipinski definition) is 5. The van der Waals surface area contributed by atoms with Gasteiger partial charge in [0.05, 0.1) is 17.0 Å². The van der Waals surface area contributed by atoms with Crippen molar-refractivity contribution in [1.29, 1.82) is 5.26 Å². The average Bonchev–Trinajstić information content (AvgIpc) is 2.98. The largest absolute Gasteiger partial charge is 0.271 e. The second-order valence-electron chi connectivity index (χ2n) is 7.20. The first-order valence-electron chi connectivity index (χ1n) is 9.71. The van der Waals surface area contributed by atoms with Crippen molar-refractivity contribution in [3.05, 3.63) is 53.2 Å². The van der Waals surface area contributed by atoms with E-state index in [1.807, 2.05) is 43.3 Å². The summed E-state index contributed by atoms with van der Waals surface area (Å²) in [5.74, 6) is -0.0915. The van der Waals surface area contributed by atoms with Gasteiger partial charge >= 0.3 is 0 Å². The summed E-state index contributed by atoms with van der Waals surface area (Å²) >= 11 is 1.35. The number of amides is 1. The van der Waals surface area contributed by atoms with Crippen LogP contribution in [0.15, 0.2) is 46.5 Å². The van der Waals surface area contributed by atoms with E-state index in [4.69, 9.17) is 4.98 Å². The van der Waals surface area contributed by atoms with Crippen LogP contribution in [0.5, 0.6) is 0 Å². The number of pyridine rings is 1. The number of aromatic nitrogens is 1. The van der Waals surface area contributed by atoms with Gasteiger partial charge in [-0.2, -0.15) is 15.4 Å². The topological polar surface area (TPSA) is 69.3 Å². The molecule has 2 aliphatic rings. The third-order valence-electron chi connectivity index (χ3n) is 5.19. The summed E-state index contributed by atoms with van der Waals surface area (Å²) in [5.41, 5.74) is 4.32. The fourth-order valence-corrected chi connectivity index (χ4v) is 4.72. The minimum absolute atomic E-state index is 0.0915. The zero-order chi connectivity index (χ0) is 19.5. The number of aryl methyl sites for hydroxylation is 2. The van der Waals surface area contributed by atoms with E-state index in [0.29, 0.717) is 10.6 Å². The van der Waals surface area contributed by atoms with E-state index in [1.54, 1.807) is 0 Å². The van der Waals surface area contributed by atoms with Crippen molar-refractivity contribution in [2.45, 2.75) is 55.7 Å². The minimum Gasteiger partial charge on any atom is -0.271 e. The summed E-state index contributed by atoms with van der Waals surface area (Å²) in [5, 5.41) is 15.8. The van der Waals surface area contributed by atoms with Crippen molar-refractivity contribution >= 4 is 29.1 Å². The van der Waals surface area contributed by atoms with Crippen LogP contribution in [0, 0.1) is 11.3 Å². The van der Waals surface area contributed by atoms with Gasteiger partial charge in [-0.15, -0.1) is 0 Å². The molecule has 1 amide bonds. The molecule has 1 aliphatic carbocycles. The Balaban J connectivity index is 1.62. The Morgan fingerprint density at radius 3 is 2.64 bits per heavy atom. The molecule has 0 fully saturated rings. The molecule has 1 aromatic carbocycles. The normalized spacial score (nSPS) is 19.4. The molecule has 0 spiro atoms. The predicted molar refractivity (Wildman–Crippen MR) is 112 cm³/mol. The number of anilines is 1. The Morgan fingerprint density at radius 2 is 1.89 bits per heavy atom. The molecule has 4 rings (SSSR count). The molecule has 1 unspecified atom stereocenters. The molecule has 0 radical (unpaired) electrons. The lowest BCUT2D eigenvalue weighted by molar-refractivity contribution is -0.116. The first-order valence-corrected chi connectivity index (χ1v) is 10.6. The number of nitriles is 1. The smallest absolute Gasteiger partial charge is 0.266 e. The Morgan fingerprint density at radius 1 is 1.14 bits per heavy atom. The number of carbonyl (C=O) groups excluding carboxylic acids is 1. The highest BCUT2D eigenvalue weighted by Crippen LogP contribution is 2.34. The van der Waals surface area contributed by atoms with E-state index in [0.717, 1.165) is 42.8 Å². The average molecular weight is 391 g/mol. The van der Waals surface area contributed by atoms with Gasteiger partial charge in [-0.25, -0.2) is 4.98 Å². The Labute approximate surface area is 169 Å². The first-order chi connectivity index (χ1) is 13.7. The number of nitrogens with zero attached hydrogens (tertiary/aromatic N) is 4. The maximum Gasteiger partial charge on any atom is 0.266 e. The molecule has 142 valence electrons. The van der Waals surface area contributed by atoms with Gasteiger partial charge in [0.2, 0.25) is 0 Å². The molecule has 0 N–H and O–H groups in total. The Kier molecular flexibility index (Phi) is 5.45. The van der Waals surface area contributed by atoms with Gasteiger partial charge in [0.15, 0.2) is 0 Å². The van der Waals surface area contributed by atoms with Gasteiger partial charge < -0.3 is 0 Å². The van der Waals surface area contributed by atoms with Crippen molar-refractivity contribution in [2.75, 3.05) is 5.01 Å². The van der Waals surface area contributed by atoms with Crippen LogP contribution in [0.1, 0.15) is 49.4 Å². The summed E-state index contributed by atoms with van der Waals surface area (Å²) in [6.07, 6.45) is 6.65. The highest BCUT2D eigenvalue weighted by molar-refractivity contribution is 8.01. The van der Waals surface area contributed by atoms with Crippen LogP contribution in [0.4, 0.5) is 5.69 Å². The van der Waals surface area contributed by atoms with Crippen LogP contribution >= 0.6 is 11.8 Å². The van der Waals surface area contributed by atoms with Crippen molar-refractivity contribution in [3.63, 3.8) is 0 Å². The number of fused-ring (bicyclic) bond motifs is 1. The number of hydrogen-bond donors (Lipinski definition) is 0. The molecule has 0 saturated carbocycles. The van der Waals surface area contributed by atoms with Crippen LogP contribution in [0.2, 0.25) is 0 Å². The molecule has 1 aromatic heterocycles. The number of thioether (sulfide) groups is 1. The number of rotatable bonds is 3. The van der Waals surface area contributed by atoms with Gasteiger partial charge in [-0.1, -0.05) is 42.8 Å². The molecule has 0 bridgehead atoms. The monoisotopic (exact) mass is 390 g/mol. The summed E-state index contributed by atoms with van der Waals surface area (Å²) < 4.78 is 0. The van der Waals surface area contributed by atoms with E-state index >= 15 is 0 Å². The molecule has 2 heterocycles. The predicted octanol–water partition coefficient (Wildman–Crippen LogP) is 4.50. The lowest BCUT2D eigenvalue weighted by atomic mass is 9.96. The maximum absolute atomic E-state index is 13.0. The van der Waals surface area contributed by atoms with Gasteiger partial charge in [0.1, 0.15) is 16.3 Å². The van der Waals surface area contributed by atoms with Gasteiger partial charge in [0.25, 0.3) is 5.91 Å². The summed E-state index contributed by atoms with van der Waals surface area (Å²) in [7, 11) is 0. The fourth-order valence-electron chi connectivity index (χ4n) is 3.69. The summed E-state index contributed by atoms with van der Waals surface area (Å²) in [6.45, 7) is 1.86. The molecular formula is C22H22N4OS. The molecule has 1 atom stereocenters. The molecule has 2 aromatic rings. The second-order valence-corrected chi connectivity index (χ2v) is 8.29. The maximum atomic E-state index is 13.0. The highest BCUT2D eigenvalue weighted by atomic mass is 32.2. The molecule has 28 heavy (non-hydrogen) atoms. The molecule has 6 heteroatoms. The number of hydrazone groups is 1. The number of carbonyl (C=O) groups is 1. The summed E-state index contributed by atoms with van der Waals surface area (Å²) in [6, 6.07) is 13.7. The van der Waals surface area contributed by atoms with Gasteiger partial charge in [-0.3, -0.25) is 4.79 Å². The van der Waals surface area contributed by atoms with E-state index in [1.165, 1.54) is 35.2 Å². The SMILES string of the molecule is CC1=NN(c2ccccc2)C(=O)C1Sc1nc2c(cc1C#N)CCCCCC2. The van der Waals surface area contributed by atoms with Crippen molar-refractivity contribution in [1.82, 2.24) is 4.98 Å². The third kappa shape index (κ3) is 3.67. The van der Waals surface area contributed by atoms with Crippen LogP contribution in [0.25, 0.3) is 0 Å². The van der Waals surface area contributed by atoms with Gasteiger partial charge in [-0.05, 0) is 56.4 Å². The van der Waals surface area contributed by atoms with E-state index in [9.17, 15) is 10.1 Å². The van der Waals surface area contributed by atoms with Crippen molar-refractivity contribution in [3.8, 4) is 6.07 Å².